The van der Waals surface area contributed by atoms with Gasteiger partial charge in [-0.05, 0) is 24.6 Å². The second-order valence-electron chi connectivity index (χ2n) is 3.40. The highest BCUT2D eigenvalue weighted by Crippen LogP contribution is 2.26. The molecule has 4 nitrogen and oxygen atoms in total. The summed E-state index contributed by atoms with van der Waals surface area (Å²) in [7, 11) is 0. The Morgan fingerprint density at radius 1 is 1.47 bits per heavy atom. The van der Waals surface area contributed by atoms with Gasteiger partial charge in [0.1, 0.15) is 12.1 Å². The average molecular weight is 278 g/mol. The van der Waals surface area contributed by atoms with E-state index in [4.69, 9.17) is 33.7 Å². The van der Waals surface area contributed by atoms with Crippen molar-refractivity contribution in [1.29, 1.82) is 0 Å². The zero-order valence-corrected chi connectivity index (χ0v) is 10.7. The van der Waals surface area contributed by atoms with Crippen LogP contribution in [-0.4, -0.2) is 23.7 Å². The smallest absolute Gasteiger partial charge is 0.325 e. The number of esters is 1. The van der Waals surface area contributed by atoms with Gasteiger partial charge >= 0.3 is 5.97 Å². The number of nitrogens with two attached hydrogens (primary N) is 1. The molecule has 0 heterocycles. The van der Waals surface area contributed by atoms with Crippen LogP contribution in [0.4, 0.5) is 0 Å². The molecular weight excluding hydrogens is 265 g/mol. The topological polar surface area (TPSA) is 72.5 Å². The molecule has 2 unspecified atom stereocenters. The molecule has 2 atom stereocenters. The van der Waals surface area contributed by atoms with Crippen molar-refractivity contribution < 1.29 is 14.6 Å². The van der Waals surface area contributed by atoms with Crippen LogP contribution in [0.2, 0.25) is 10.0 Å². The lowest BCUT2D eigenvalue weighted by molar-refractivity contribution is -0.147. The Balaban J connectivity index is 2.84. The van der Waals surface area contributed by atoms with E-state index in [2.05, 4.69) is 0 Å². The Morgan fingerprint density at radius 3 is 2.65 bits per heavy atom. The van der Waals surface area contributed by atoms with Crippen molar-refractivity contribution in [1.82, 2.24) is 0 Å². The number of hydrogen-bond acceptors (Lipinski definition) is 4. The molecule has 0 saturated carbocycles. The van der Waals surface area contributed by atoms with E-state index in [1.807, 2.05) is 0 Å². The highest BCUT2D eigenvalue weighted by Gasteiger charge is 2.25. The van der Waals surface area contributed by atoms with Gasteiger partial charge in [-0.3, -0.25) is 4.79 Å². The van der Waals surface area contributed by atoms with E-state index >= 15 is 0 Å². The zero-order valence-electron chi connectivity index (χ0n) is 9.19. The third-order valence-corrected chi connectivity index (χ3v) is 2.92. The number of halogens is 2. The van der Waals surface area contributed by atoms with Gasteiger partial charge in [0.25, 0.3) is 0 Å². The summed E-state index contributed by atoms with van der Waals surface area (Å²) in [4.78, 5) is 11.3. The fourth-order valence-corrected chi connectivity index (χ4v) is 1.58. The third kappa shape index (κ3) is 3.57. The fourth-order valence-electron chi connectivity index (χ4n) is 1.27. The van der Waals surface area contributed by atoms with E-state index in [9.17, 15) is 9.90 Å². The van der Waals surface area contributed by atoms with E-state index < -0.39 is 18.1 Å². The maximum atomic E-state index is 11.3. The highest BCUT2D eigenvalue weighted by atomic mass is 35.5. The van der Waals surface area contributed by atoms with Gasteiger partial charge in [-0.15, -0.1) is 0 Å². The summed E-state index contributed by atoms with van der Waals surface area (Å²) >= 11 is 11.5. The average Bonchev–Trinajstić information content (AvgIpc) is 2.31. The van der Waals surface area contributed by atoms with Crippen molar-refractivity contribution in [2.24, 2.45) is 5.73 Å². The summed E-state index contributed by atoms with van der Waals surface area (Å²) in [5.41, 5.74) is 5.98. The van der Waals surface area contributed by atoms with E-state index in [-0.39, 0.29) is 6.61 Å². The number of ether oxygens (including phenoxy) is 1. The second-order valence-corrected chi connectivity index (χ2v) is 4.21. The highest BCUT2D eigenvalue weighted by molar-refractivity contribution is 6.42. The van der Waals surface area contributed by atoms with E-state index in [0.29, 0.717) is 15.6 Å². The van der Waals surface area contributed by atoms with E-state index in [1.54, 1.807) is 13.0 Å². The number of hydrogen-bond donors (Lipinski definition) is 2. The first-order chi connectivity index (χ1) is 7.97. The molecule has 0 bridgehead atoms. The molecule has 0 aliphatic carbocycles. The molecule has 0 spiro atoms. The zero-order chi connectivity index (χ0) is 13.0. The number of aliphatic hydroxyl groups is 1. The van der Waals surface area contributed by atoms with Gasteiger partial charge in [0.2, 0.25) is 0 Å². The van der Waals surface area contributed by atoms with E-state index in [1.165, 1.54) is 12.1 Å². The summed E-state index contributed by atoms with van der Waals surface area (Å²) in [6.45, 7) is 1.87. The molecule has 17 heavy (non-hydrogen) atoms. The minimum absolute atomic E-state index is 0.209. The largest absolute Gasteiger partial charge is 0.465 e. The lowest BCUT2D eigenvalue weighted by Crippen LogP contribution is -2.38. The van der Waals surface area contributed by atoms with Gasteiger partial charge in [-0.1, -0.05) is 29.3 Å². The summed E-state index contributed by atoms with van der Waals surface area (Å²) in [5.74, 6) is -0.661. The van der Waals surface area contributed by atoms with Gasteiger partial charge < -0.3 is 15.6 Å². The van der Waals surface area contributed by atoms with Crippen molar-refractivity contribution in [3.05, 3.63) is 33.8 Å². The molecule has 0 amide bonds. The molecule has 0 saturated heterocycles. The molecule has 94 valence electrons. The number of carbonyl (C=O) groups excluding carboxylic acids is 1. The number of benzene rings is 1. The van der Waals surface area contributed by atoms with E-state index in [0.717, 1.165) is 0 Å². The van der Waals surface area contributed by atoms with Crippen LogP contribution in [-0.2, 0) is 9.53 Å². The first-order valence-electron chi connectivity index (χ1n) is 5.02. The quantitative estimate of drug-likeness (QED) is 0.825. The van der Waals surface area contributed by atoms with Gasteiger partial charge in [0, 0.05) is 0 Å². The maximum absolute atomic E-state index is 11.3. The summed E-state index contributed by atoms with van der Waals surface area (Å²) in [5, 5.41) is 10.5. The molecule has 0 fully saturated rings. The lowest BCUT2D eigenvalue weighted by Gasteiger charge is -2.17. The molecule has 0 radical (unpaired) electrons. The molecule has 0 aliphatic rings. The van der Waals surface area contributed by atoms with Crippen LogP contribution >= 0.6 is 23.2 Å². The van der Waals surface area contributed by atoms with Crippen LogP contribution < -0.4 is 5.73 Å². The minimum atomic E-state index is -1.18. The molecule has 1 aromatic rings. The van der Waals surface area contributed by atoms with Crippen LogP contribution in [0.15, 0.2) is 18.2 Å². The first-order valence-corrected chi connectivity index (χ1v) is 5.78. The molecule has 0 aromatic heterocycles. The summed E-state index contributed by atoms with van der Waals surface area (Å²) < 4.78 is 4.72. The van der Waals surface area contributed by atoms with Crippen LogP contribution in [0, 0.1) is 0 Å². The Hall–Kier alpha value is -0.810. The monoisotopic (exact) mass is 277 g/mol. The molecule has 1 rings (SSSR count). The number of aliphatic hydroxyl groups excluding tert-OH is 1. The molecule has 3 N–H and O–H groups in total. The fraction of sp³-hybridized carbons (Fsp3) is 0.364. The summed E-state index contributed by atoms with van der Waals surface area (Å²) in [6, 6.07) is 3.40. The van der Waals surface area contributed by atoms with Crippen LogP contribution in [0.3, 0.4) is 0 Å². The van der Waals surface area contributed by atoms with Crippen molar-refractivity contribution in [2.75, 3.05) is 6.61 Å². The first kappa shape index (κ1) is 14.3. The van der Waals surface area contributed by atoms with Crippen molar-refractivity contribution in [2.45, 2.75) is 19.1 Å². The Morgan fingerprint density at radius 2 is 2.12 bits per heavy atom. The SMILES string of the molecule is CCOC(=O)C(N)C(O)c1ccc(Cl)c(Cl)c1. The number of carbonyl (C=O) groups is 1. The lowest BCUT2D eigenvalue weighted by atomic mass is 10.0. The minimum Gasteiger partial charge on any atom is -0.465 e. The second kappa shape index (κ2) is 6.21. The summed E-state index contributed by atoms with van der Waals surface area (Å²) in [6.07, 6.45) is -1.18. The van der Waals surface area contributed by atoms with Gasteiger partial charge in [0.05, 0.1) is 16.7 Å². The van der Waals surface area contributed by atoms with Crippen LogP contribution in [0.5, 0.6) is 0 Å². The van der Waals surface area contributed by atoms with Crippen molar-refractivity contribution >= 4 is 29.2 Å². The Kier molecular flexibility index (Phi) is 5.21. The number of rotatable bonds is 4. The van der Waals surface area contributed by atoms with Crippen molar-refractivity contribution in [3.8, 4) is 0 Å². The van der Waals surface area contributed by atoms with Gasteiger partial charge in [0.15, 0.2) is 0 Å². The molecular formula is C11H13Cl2NO3. The van der Waals surface area contributed by atoms with Gasteiger partial charge in [-0.25, -0.2) is 0 Å². The maximum Gasteiger partial charge on any atom is 0.325 e. The standard InChI is InChI=1S/C11H13Cl2NO3/c1-2-17-11(16)9(14)10(15)6-3-4-7(12)8(13)5-6/h3-5,9-10,15H,2,14H2,1H3. The predicted molar refractivity (Wildman–Crippen MR) is 66.0 cm³/mol. The van der Waals surface area contributed by atoms with Crippen LogP contribution in [0.25, 0.3) is 0 Å². The van der Waals surface area contributed by atoms with Crippen molar-refractivity contribution in [3.63, 3.8) is 0 Å². The molecule has 1 aromatic carbocycles. The third-order valence-electron chi connectivity index (χ3n) is 2.18. The molecule has 6 heteroatoms. The molecule has 0 aliphatic heterocycles. The van der Waals surface area contributed by atoms with Crippen LogP contribution in [0.1, 0.15) is 18.6 Å². The van der Waals surface area contributed by atoms with Gasteiger partial charge in [-0.2, -0.15) is 0 Å². The predicted octanol–water partition coefficient (Wildman–Crippen LogP) is 1.92. The Bertz CT molecular complexity index is 412. The Labute approximate surface area is 109 Å². The normalized spacial score (nSPS) is 14.2.